The second kappa shape index (κ2) is 6.59. The van der Waals surface area contributed by atoms with Gasteiger partial charge in [-0.15, -0.1) is 0 Å². The molecule has 0 unspecified atom stereocenters. The largest absolute Gasteiger partial charge is 0.341 e. The van der Waals surface area contributed by atoms with Crippen molar-refractivity contribution in [2.24, 2.45) is 5.41 Å². The molecule has 0 bridgehead atoms. The summed E-state index contributed by atoms with van der Waals surface area (Å²) in [6, 6.07) is -0.182. The van der Waals surface area contributed by atoms with E-state index in [1.54, 1.807) is 0 Å². The van der Waals surface area contributed by atoms with Crippen LogP contribution in [0.5, 0.6) is 0 Å². The number of piperidine rings is 2. The summed E-state index contributed by atoms with van der Waals surface area (Å²) in [4.78, 5) is 28.9. The van der Waals surface area contributed by atoms with E-state index in [1.165, 1.54) is 38.5 Å². The van der Waals surface area contributed by atoms with E-state index in [9.17, 15) is 9.59 Å². The topological polar surface area (TPSA) is 40.6 Å². The molecule has 2 heterocycles. The van der Waals surface area contributed by atoms with Gasteiger partial charge in [-0.25, -0.2) is 0 Å². The van der Waals surface area contributed by atoms with Crippen LogP contribution in [0.4, 0.5) is 0 Å². The first-order valence-corrected chi connectivity index (χ1v) is 9.23. The van der Waals surface area contributed by atoms with Crippen molar-refractivity contribution in [3.8, 4) is 0 Å². The Morgan fingerprint density at radius 2 is 1.64 bits per heavy atom. The number of carbonyl (C=O) groups excluding carboxylic acids is 2. The SMILES string of the molecule is CCC(=O)N1CCCC[C@@H]1C(=O)N1CCC2(CCCC2)CC1. The van der Waals surface area contributed by atoms with E-state index in [0.717, 1.165) is 38.9 Å². The van der Waals surface area contributed by atoms with Crippen molar-refractivity contribution in [1.29, 1.82) is 0 Å². The van der Waals surface area contributed by atoms with Gasteiger partial charge in [-0.3, -0.25) is 9.59 Å². The molecule has 2 saturated heterocycles. The number of amides is 2. The minimum atomic E-state index is -0.182. The van der Waals surface area contributed by atoms with Crippen LogP contribution in [0.25, 0.3) is 0 Å². The van der Waals surface area contributed by atoms with E-state index in [-0.39, 0.29) is 17.9 Å². The lowest BCUT2D eigenvalue weighted by molar-refractivity contribution is -0.149. The highest BCUT2D eigenvalue weighted by atomic mass is 16.2. The molecule has 124 valence electrons. The number of carbonyl (C=O) groups is 2. The van der Waals surface area contributed by atoms with Crippen molar-refractivity contribution in [3.63, 3.8) is 0 Å². The molecule has 0 radical (unpaired) electrons. The molecule has 1 atom stereocenters. The molecule has 0 N–H and O–H groups in total. The van der Waals surface area contributed by atoms with E-state index in [1.807, 2.05) is 11.8 Å². The van der Waals surface area contributed by atoms with Gasteiger partial charge in [0.2, 0.25) is 11.8 Å². The van der Waals surface area contributed by atoms with Crippen LogP contribution in [0.1, 0.15) is 71.1 Å². The monoisotopic (exact) mass is 306 g/mol. The van der Waals surface area contributed by atoms with Gasteiger partial charge >= 0.3 is 0 Å². The van der Waals surface area contributed by atoms with Crippen LogP contribution in [0.2, 0.25) is 0 Å². The number of rotatable bonds is 2. The number of hydrogen-bond acceptors (Lipinski definition) is 2. The van der Waals surface area contributed by atoms with Gasteiger partial charge in [0, 0.05) is 26.1 Å². The maximum atomic E-state index is 12.9. The maximum Gasteiger partial charge on any atom is 0.245 e. The Bertz CT molecular complexity index is 419. The van der Waals surface area contributed by atoms with Gasteiger partial charge in [-0.1, -0.05) is 19.8 Å². The highest BCUT2D eigenvalue weighted by molar-refractivity contribution is 5.88. The highest BCUT2D eigenvalue weighted by Crippen LogP contribution is 2.46. The molecule has 1 aliphatic carbocycles. The summed E-state index contributed by atoms with van der Waals surface area (Å²) < 4.78 is 0. The second-order valence-corrected chi connectivity index (χ2v) is 7.48. The molecule has 4 heteroatoms. The molecule has 22 heavy (non-hydrogen) atoms. The molecule has 3 rings (SSSR count). The smallest absolute Gasteiger partial charge is 0.245 e. The number of likely N-dealkylation sites (tertiary alicyclic amines) is 2. The van der Waals surface area contributed by atoms with Crippen LogP contribution in [0.15, 0.2) is 0 Å². The minimum absolute atomic E-state index is 0.141. The Hall–Kier alpha value is -1.06. The van der Waals surface area contributed by atoms with Crippen molar-refractivity contribution in [3.05, 3.63) is 0 Å². The third kappa shape index (κ3) is 3.02. The zero-order valence-corrected chi connectivity index (χ0v) is 14.0. The summed E-state index contributed by atoms with van der Waals surface area (Å²) >= 11 is 0. The molecule has 0 aromatic heterocycles. The fourth-order valence-electron chi connectivity index (χ4n) is 4.73. The summed E-state index contributed by atoms with van der Waals surface area (Å²) in [5.41, 5.74) is 0.544. The Balaban J connectivity index is 1.61. The Morgan fingerprint density at radius 3 is 2.27 bits per heavy atom. The van der Waals surface area contributed by atoms with Gasteiger partial charge in [0.1, 0.15) is 6.04 Å². The molecule has 1 saturated carbocycles. The molecular weight excluding hydrogens is 276 g/mol. The van der Waals surface area contributed by atoms with E-state index >= 15 is 0 Å². The van der Waals surface area contributed by atoms with Crippen LogP contribution in [0.3, 0.4) is 0 Å². The normalized spacial score (nSPS) is 28.1. The average Bonchev–Trinajstić information content (AvgIpc) is 3.02. The van der Waals surface area contributed by atoms with Crippen LogP contribution in [-0.2, 0) is 9.59 Å². The third-order valence-corrected chi connectivity index (χ3v) is 6.21. The van der Waals surface area contributed by atoms with Crippen molar-refractivity contribution < 1.29 is 9.59 Å². The van der Waals surface area contributed by atoms with Gasteiger partial charge in [-0.2, -0.15) is 0 Å². The van der Waals surface area contributed by atoms with Crippen LogP contribution < -0.4 is 0 Å². The van der Waals surface area contributed by atoms with E-state index in [4.69, 9.17) is 0 Å². The third-order valence-electron chi connectivity index (χ3n) is 6.21. The summed E-state index contributed by atoms with van der Waals surface area (Å²) in [5.74, 6) is 0.358. The predicted octanol–water partition coefficient (Wildman–Crippen LogP) is 2.96. The Morgan fingerprint density at radius 1 is 0.955 bits per heavy atom. The Kier molecular flexibility index (Phi) is 4.74. The first kappa shape index (κ1) is 15.8. The molecule has 2 aliphatic heterocycles. The number of hydrogen-bond donors (Lipinski definition) is 0. The second-order valence-electron chi connectivity index (χ2n) is 7.48. The van der Waals surface area contributed by atoms with E-state index < -0.39 is 0 Å². The van der Waals surface area contributed by atoms with Crippen molar-refractivity contribution in [1.82, 2.24) is 9.80 Å². The maximum absolute atomic E-state index is 12.9. The fourth-order valence-corrected chi connectivity index (χ4v) is 4.73. The quantitative estimate of drug-likeness (QED) is 0.787. The number of nitrogens with zero attached hydrogens (tertiary/aromatic N) is 2. The minimum Gasteiger partial charge on any atom is -0.341 e. The molecule has 2 amide bonds. The van der Waals surface area contributed by atoms with Crippen LogP contribution in [-0.4, -0.2) is 47.3 Å². The molecular formula is C18H30N2O2. The van der Waals surface area contributed by atoms with Crippen LogP contribution >= 0.6 is 0 Å². The lowest BCUT2D eigenvalue weighted by Gasteiger charge is -2.43. The fraction of sp³-hybridized carbons (Fsp3) is 0.889. The molecule has 4 nitrogen and oxygen atoms in total. The lowest BCUT2D eigenvalue weighted by Crippen LogP contribution is -2.55. The van der Waals surface area contributed by atoms with Crippen molar-refractivity contribution in [2.75, 3.05) is 19.6 Å². The lowest BCUT2D eigenvalue weighted by atomic mass is 9.77. The summed E-state index contributed by atoms with van der Waals surface area (Å²) in [5, 5.41) is 0. The zero-order chi connectivity index (χ0) is 15.6. The molecule has 0 aromatic rings. The van der Waals surface area contributed by atoms with Gasteiger partial charge in [0.25, 0.3) is 0 Å². The van der Waals surface area contributed by atoms with Gasteiger partial charge in [0.15, 0.2) is 0 Å². The predicted molar refractivity (Wildman–Crippen MR) is 86.4 cm³/mol. The van der Waals surface area contributed by atoms with E-state index in [0.29, 0.717) is 11.8 Å². The summed E-state index contributed by atoms with van der Waals surface area (Å²) in [6.45, 7) is 4.47. The highest BCUT2D eigenvalue weighted by Gasteiger charge is 2.40. The van der Waals surface area contributed by atoms with Gasteiger partial charge in [-0.05, 0) is 50.4 Å². The van der Waals surface area contributed by atoms with Crippen LogP contribution in [0, 0.1) is 5.41 Å². The van der Waals surface area contributed by atoms with Gasteiger partial charge in [0.05, 0.1) is 0 Å². The molecule has 3 aliphatic rings. The van der Waals surface area contributed by atoms with Gasteiger partial charge < -0.3 is 9.80 Å². The molecule has 0 aromatic carbocycles. The Labute approximate surface area is 134 Å². The standard InChI is InChI=1S/C18H30N2O2/c1-2-16(21)20-12-6-3-7-15(20)17(22)19-13-10-18(11-14-19)8-4-5-9-18/h15H,2-14H2,1H3/t15-/m1/s1. The zero-order valence-electron chi connectivity index (χ0n) is 14.0. The summed E-state index contributed by atoms with van der Waals surface area (Å²) in [6.07, 6.45) is 11.3. The first-order valence-electron chi connectivity index (χ1n) is 9.23. The summed E-state index contributed by atoms with van der Waals surface area (Å²) in [7, 11) is 0. The van der Waals surface area contributed by atoms with Crippen molar-refractivity contribution >= 4 is 11.8 Å². The molecule has 3 fully saturated rings. The molecule has 1 spiro atoms. The average molecular weight is 306 g/mol. The van der Waals surface area contributed by atoms with E-state index in [2.05, 4.69) is 4.90 Å². The first-order chi connectivity index (χ1) is 10.7. The van der Waals surface area contributed by atoms with Crippen molar-refractivity contribution in [2.45, 2.75) is 77.2 Å².